The predicted molar refractivity (Wildman–Crippen MR) is 68.2 cm³/mol. The molecule has 19 heavy (non-hydrogen) atoms. The average molecular weight is 268 g/mol. The van der Waals surface area contributed by atoms with Gasteiger partial charge in [-0.15, -0.1) is 0 Å². The number of hydrogen-bond acceptors (Lipinski definition) is 4. The lowest BCUT2D eigenvalue weighted by atomic mass is 9.96. The van der Waals surface area contributed by atoms with Crippen LogP contribution in [0, 0.1) is 10.1 Å². The van der Waals surface area contributed by atoms with Crippen LogP contribution in [-0.2, 0) is 6.42 Å². The molecule has 104 valence electrons. The number of hydrogen-bond donors (Lipinski definition) is 2. The molecule has 5 nitrogen and oxygen atoms in total. The van der Waals surface area contributed by atoms with Gasteiger partial charge in [-0.05, 0) is 12.0 Å². The van der Waals surface area contributed by atoms with Crippen LogP contribution in [0.2, 0.25) is 0 Å². The van der Waals surface area contributed by atoms with E-state index < -0.39 is 29.3 Å². The maximum absolute atomic E-state index is 13.1. The Bertz CT molecular complexity index is 429. The molecule has 1 aliphatic rings. The van der Waals surface area contributed by atoms with E-state index in [0.29, 0.717) is 0 Å². The minimum absolute atomic E-state index is 0.125. The van der Waals surface area contributed by atoms with Gasteiger partial charge in [-0.2, -0.15) is 0 Å². The van der Waals surface area contributed by atoms with Crippen molar-refractivity contribution < 1.29 is 14.4 Å². The van der Waals surface area contributed by atoms with Crippen molar-refractivity contribution in [2.24, 2.45) is 0 Å². The van der Waals surface area contributed by atoms with E-state index in [0.717, 1.165) is 5.56 Å². The zero-order valence-corrected chi connectivity index (χ0v) is 10.4. The Morgan fingerprint density at radius 1 is 1.47 bits per heavy atom. The molecule has 0 spiro atoms. The summed E-state index contributed by atoms with van der Waals surface area (Å²) < 4.78 is 13.1. The van der Waals surface area contributed by atoms with Crippen LogP contribution in [0.25, 0.3) is 0 Å². The third kappa shape index (κ3) is 3.48. The molecule has 0 bridgehead atoms. The van der Waals surface area contributed by atoms with Crippen molar-refractivity contribution in [2.75, 3.05) is 6.54 Å². The molecule has 1 fully saturated rings. The summed E-state index contributed by atoms with van der Waals surface area (Å²) in [6.07, 6.45) is -1.95. The van der Waals surface area contributed by atoms with E-state index in [1.807, 2.05) is 6.07 Å². The highest BCUT2D eigenvalue weighted by atomic mass is 19.1. The van der Waals surface area contributed by atoms with Crippen LogP contribution >= 0.6 is 0 Å². The number of aliphatic hydroxyl groups excluding tert-OH is 1. The zero-order chi connectivity index (χ0) is 13.8. The van der Waals surface area contributed by atoms with Gasteiger partial charge in [-0.1, -0.05) is 30.3 Å². The van der Waals surface area contributed by atoms with Crippen LogP contribution in [0.15, 0.2) is 30.3 Å². The Hall–Kier alpha value is -1.53. The molecule has 0 aromatic heterocycles. The summed E-state index contributed by atoms with van der Waals surface area (Å²) in [6.45, 7) is 0.150. The van der Waals surface area contributed by atoms with E-state index >= 15 is 0 Å². The maximum Gasteiger partial charge on any atom is 0.244 e. The van der Waals surface area contributed by atoms with Gasteiger partial charge in [0.2, 0.25) is 6.04 Å². The molecule has 6 heteroatoms. The fourth-order valence-corrected chi connectivity index (χ4v) is 2.43. The lowest BCUT2D eigenvalue weighted by Crippen LogP contribution is -2.47. The van der Waals surface area contributed by atoms with Crippen molar-refractivity contribution in [2.45, 2.75) is 37.2 Å². The van der Waals surface area contributed by atoms with E-state index in [1.54, 1.807) is 24.3 Å². The lowest BCUT2D eigenvalue weighted by molar-refractivity contribution is -0.534. The number of benzene rings is 1. The second-order valence-electron chi connectivity index (χ2n) is 4.88. The first kappa shape index (κ1) is 13.9. The molecular weight excluding hydrogens is 251 g/mol. The third-order valence-electron chi connectivity index (χ3n) is 3.48. The van der Waals surface area contributed by atoms with Gasteiger partial charge in [0.15, 0.2) is 0 Å². The number of rotatable bonds is 5. The van der Waals surface area contributed by atoms with Gasteiger partial charge >= 0.3 is 0 Å². The first-order valence-corrected chi connectivity index (χ1v) is 6.31. The Morgan fingerprint density at radius 3 is 2.68 bits per heavy atom. The second-order valence-corrected chi connectivity index (χ2v) is 4.88. The van der Waals surface area contributed by atoms with Crippen molar-refractivity contribution in [3.63, 3.8) is 0 Å². The molecule has 1 heterocycles. The fourth-order valence-electron chi connectivity index (χ4n) is 2.43. The van der Waals surface area contributed by atoms with Gasteiger partial charge in [0.1, 0.15) is 12.3 Å². The SMILES string of the molecule is O=[N+]([O-])[C@@H](Cc1ccccc1)[C@@H](O)[C@H]1C[C@H](F)CN1. The second kappa shape index (κ2) is 6.08. The standard InChI is InChI=1S/C13H17FN2O3/c14-10-7-11(15-8-10)13(17)12(16(18)19)6-9-4-2-1-3-5-9/h1-5,10-13,15,17H,6-8H2/t10-,11+,12-,13-/m0/s1. The lowest BCUT2D eigenvalue weighted by Gasteiger charge is -2.21. The molecule has 1 saturated heterocycles. The Labute approximate surface area is 110 Å². The Kier molecular flexibility index (Phi) is 4.44. The van der Waals surface area contributed by atoms with Crippen molar-refractivity contribution in [1.82, 2.24) is 5.32 Å². The van der Waals surface area contributed by atoms with Crippen molar-refractivity contribution in [3.05, 3.63) is 46.0 Å². The van der Waals surface area contributed by atoms with Gasteiger partial charge < -0.3 is 10.4 Å². The summed E-state index contributed by atoms with van der Waals surface area (Å²) in [5.41, 5.74) is 0.790. The summed E-state index contributed by atoms with van der Waals surface area (Å²) >= 11 is 0. The van der Waals surface area contributed by atoms with Crippen LogP contribution < -0.4 is 5.32 Å². The van der Waals surface area contributed by atoms with E-state index in [-0.39, 0.29) is 19.4 Å². The van der Waals surface area contributed by atoms with E-state index in [1.165, 1.54) is 0 Å². The summed E-state index contributed by atoms with van der Waals surface area (Å²) in [4.78, 5) is 10.6. The van der Waals surface area contributed by atoms with Crippen LogP contribution in [0.1, 0.15) is 12.0 Å². The Balaban J connectivity index is 2.05. The van der Waals surface area contributed by atoms with Crippen LogP contribution in [-0.4, -0.2) is 40.9 Å². The van der Waals surface area contributed by atoms with Gasteiger partial charge in [0.05, 0.1) is 0 Å². The number of nitrogens with zero attached hydrogens (tertiary/aromatic N) is 1. The molecule has 0 amide bonds. The smallest absolute Gasteiger partial charge is 0.244 e. The first-order valence-electron chi connectivity index (χ1n) is 6.31. The molecule has 1 aromatic rings. The summed E-state index contributed by atoms with van der Waals surface area (Å²) in [7, 11) is 0. The maximum atomic E-state index is 13.1. The molecule has 1 aromatic carbocycles. The highest BCUT2D eigenvalue weighted by Gasteiger charge is 2.39. The molecular formula is C13H17FN2O3. The third-order valence-corrected chi connectivity index (χ3v) is 3.48. The number of halogens is 1. The number of aliphatic hydroxyl groups is 1. The average Bonchev–Trinajstić information content (AvgIpc) is 2.83. The highest BCUT2D eigenvalue weighted by Crippen LogP contribution is 2.18. The zero-order valence-electron chi connectivity index (χ0n) is 10.4. The minimum atomic E-state index is -1.18. The van der Waals surface area contributed by atoms with E-state index in [2.05, 4.69) is 5.32 Å². The van der Waals surface area contributed by atoms with E-state index in [4.69, 9.17) is 0 Å². The van der Waals surface area contributed by atoms with Gasteiger partial charge in [0, 0.05) is 23.9 Å². The summed E-state index contributed by atoms with van der Waals surface area (Å²) in [6, 6.07) is 7.31. The highest BCUT2D eigenvalue weighted by molar-refractivity contribution is 5.16. The summed E-state index contributed by atoms with van der Waals surface area (Å²) in [5, 5.41) is 24.0. The number of alkyl halides is 1. The first-order chi connectivity index (χ1) is 9.08. The fraction of sp³-hybridized carbons (Fsp3) is 0.538. The van der Waals surface area contributed by atoms with Crippen LogP contribution in [0.3, 0.4) is 0 Å². The monoisotopic (exact) mass is 268 g/mol. The van der Waals surface area contributed by atoms with Crippen molar-refractivity contribution in [3.8, 4) is 0 Å². The molecule has 2 N–H and O–H groups in total. The normalized spacial score (nSPS) is 26.0. The van der Waals surface area contributed by atoms with Crippen molar-refractivity contribution >= 4 is 0 Å². The Morgan fingerprint density at radius 2 is 2.16 bits per heavy atom. The molecule has 4 atom stereocenters. The van der Waals surface area contributed by atoms with Crippen molar-refractivity contribution in [1.29, 1.82) is 0 Å². The number of nitro groups is 1. The largest absolute Gasteiger partial charge is 0.384 e. The minimum Gasteiger partial charge on any atom is -0.384 e. The van der Waals surface area contributed by atoms with E-state index in [9.17, 15) is 19.6 Å². The van der Waals surface area contributed by atoms with Gasteiger partial charge in [-0.3, -0.25) is 10.1 Å². The molecule has 0 radical (unpaired) electrons. The molecule has 0 saturated carbocycles. The van der Waals surface area contributed by atoms with Crippen LogP contribution in [0.5, 0.6) is 0 Å². The molecule has 0 unspecified atom stereocenters. The molecule has 2 rings (SSSR count). The molecule has 0 aliphatic carbocycles. The topological polar surface area (TPSA) is 75.4 Å². The van der Waals surface area contributed by atoms with Crippen LogP contribution in [0.4, 0.5) is 4.39 Å². The quantitative estimate of drug-likeness (QED) is 0.615. The predicted octanol–water partition coefficient (Wildman–Crippen LogP) is 0.935. The van der Waals surface area contributed by atoms with Gasteiger partial charge in [0.25, 0.3) is 0 Å². The van der Waals surface area contributed by atoms with Gasteiger partial charge in [-0.25, -0.2) is 4.39 Å². The summed E-state index contributed by atoms with van der Waals surface area (Å²) in [5.74, 6) is 0. The molecule has 1 aliphatic heterocycles. The number of nitrogens with one attached hydrogen (secondary N) is 1.